The first-order valence-corrected chi connectivity index (χ1v) is 5.03. The number of rotatable bonds is 3. The van der Waals surface area contributed by atoms with Crippen molar-refractivity contribution in [2.45, 2.75) is 13.8 Å². The topological polar surface area (TPSA) is 62.1 Å². The number of carbonyl (C=O) groups is 1. The van der Waals surface area contributed by atoms with Crippen LogP contribution in [-0.2, 0) is 0 Å². The maximum absolute atomic E-state index is 11.6. The van der Waals surface area contributed by atoms with Crippen molar-refractivity contribution in [3.8, 4) is 11.8 Å². The second-order valence-electron chi connectivity index (χ2n) is 3.29. The zero-order valence-corrected chi connectivity index (χ0v) is 9.63. The van der Waals surface area contributed by atoms with Crippen LogP contribution in [0.4, 0.5) is 0 Å². The fourth-order valence-electron chi connectivity index (χ4n) is 1.39. The van der Waals surface area contributed by atoms with Crippen LogP contribution in [0.15, 0.2) is 12.1 Å². The van der Waals surface area contributed by atoms with Crippen molar-refractivity contribution in [3.05, 3.63) is 28.8 Å². The summed E-state index contributed by atoms with van der Waals surface area (Å²) >= 11 is 0. The second-order valence-corrected chi connectivity index (χ2v) is 3.29. The highest BCUT2D eigenvalue weighted by Gasteiger charge is 2.14. The van der Waals surface area contributed by atoms with Crippen molar-refractivity contribution < 1.29 is 9.53 Å². The summed E-state index contributed by atoms with van der Waals surface area (Å²) in [6.07, 6.45) is 0. The third-order valence-electron chi connectivity index (χ3n) is 2.22. The van der Waals surface area contributed by atoms with Crippen LogP contribution in [0, 0.1) is 18.3 Å². The van der Waals surface area contributed by atoms with Crippen LogP contribution in [0.2, 0.25) is 0 Å². The van der Waals surface area contributed by atoms with Crippen LogP contribution in [-0.4, -0.2) is 19.6 Å². The number of hydrogen-bond donors (Lipinski definition) is 1. The number of amides is 1. The van der Waals surface area contributed by atoms with E-state index in [2.05, 4.69) is 5.32 Å². The molecule has 0 unspecified atom stereocenters. The van der Waals surface area contributed by atoms with Gasteiger partial charge in [0.25, 0.3) is 5.91 Å². The lowest BCUT2D eigenvalue weighted by Crippen LogP contribution is -2.19. The number of nitrogens with one attached hydrogen (secondary N) is 1. The highest BCUT2D eigenvalue weighted by atomic mass is 16.5. The molecule has 1 N–H and O–H groups in total. The summed E-state index contributed by atoms with van der Waals surface area (Å²) in [6.45, 7) is 4.14. The van der Waals surface area contributed by atoms with Gasteiger partial charge in [0.1, 0.15) is 5.75 Å². The molecule has 16 heavy (non-hydrogen) atoms. The third kappa shape index (κ3) is 2.31. The van der Waals surface area contributed by atoms with Gasteiger partial charge in [0.2, 0.25) is 0 Å². The summed E-state index contributed by atoms with van der Waals surface area (Å²) in [5.74, 6) is 0.262. The molecule has 4 heteroatoms. The molecule has 4 nitrogen and oxygen atoms in total. The van der Waals surface area contributed by atoms with Gasteiger partial charge in [-0.1, -0.05) is 0 Å². The Bertz CT molecular complexity index is 447. The number of nitrogens with zero attached hydrogens (tertiary/aromatic N) is 1. The Morgan fingerprint density at radius 2 is 2.25 bits per heavy atom. The Morgan fingerprint density at radius 3 is 2.75 bits per heavy atom. The highest BCUT2D eigenvalue weighted by Crippen LogP contribution is 2.23. The lowest BCUT2D eigenvalue weighted by Gasteiger charge is -2.11. The normalized spacial score (nSPS) is 9.38. The summed E-state index contributed by atoms with van der Waals surface area (Å²) < 4.78 is 5.37. The van der Waals surface area contributed by atoms with E-state index in [1.165, 1.54) is 0 Å². The predicted molar refractivity (Wildman–Crippen MR) is 60.5 cm³/mol. The standard InChI is InChI=1S/C12H14N2O2/c1-4-16-11-5-8(2)9(7-13)6-10(11)12(15)14-3/h5-6H,4H2,1-3H3,(H,14,15). The molecule has 1 aromatic rings. The molecule has 0 bridgehead atoms. The molecule has 0 heterocycles. The van der Waals surface area contributed by atoms with Crippen molar-refractivity contribution in [1.82, 2.24) is 5.32 Å². The van der Waals surface area contributed by atoms with E-state index in [0.717, 1.165) is 5.56 Å². The number of aryl methyl sites for hydroxylation is 1. The molecule has 0 aliphatic heterocycles. The van der Waals surface area contributed by atoms with Gasteiger partial charge in [0, 0.05) is 7.05 Å². The molecule has 0 aliphatic carbocycles. The van der Waals surface area contributed by atoms with E-state index < -0.39 is 0 Å². The van der Waals surface area contributed by atoms with Gasteiger partial charge >= 0.3 is 0 Å². The minimum Gasteiger partial charge on any atom is -0.493 e. The summed E-state index contributed by atoms with van der Waals surface area (Å²) in [5.41, 5.74) is 1.69. The van der Waals surface area contributed by atoms with Crippen LogP contribution >= 0.6 is 0 Å². The van der Waals surface area contributed by atoms with Gasteiger partial charge in [-0.25, -0.2) is 0 Å². The van der Waals surface area contributed by atoms with E-state index in [-0.39, 0.29) is 5.91 Å². The van der Waals surface area contributed by atoms with E-state index in [1.54, 1.807) is 19.2 Å². The van der Waals surface area contributed by atoms with Crippen molar-refractivity contribution in [2.75, 3.05) is 13.7 Å². The van der Waals surface area contributed by atoms with Crippen molar-refractivity contribution in [1.29, 1.82) is 5.26 Å². The monoisotopic (exact) mass is 218 g/mol. The van der Waals surface area contributed by atoms with Crippen molar-refractivity contribution >= 4 is 5.91 Å². The maximum Gasteiger partial charge on any atom is 0.254 e. The number of ether oxygens (including phenoxy) is 1. The molecule has 1 rings (SSSR count). The van der Waals surface area contributed by atoms with Crippen LogP contribution < -0.4 is 10.1 Å². The molecule has 1 aromatic carbocycles. The Kier molecular flexibility index (Phi) is 3.90. The molecule has 0 aliphatic rings. The lowest BCUT2D eigenvalue weighted by molar-refractivity contribution is 0.0959. The van der Waals surface area contributed by atoms with E-state index in [0.29, 0.717) is 23.5 Å². The number of carbonyl (C=O) groups excluding carboxylic acids is 1. The van der Waals surface area contributed by atoms with Gasteiger partial charge in [0.15, 0.2) is 0 Å². The molecule has 0 atom stereocenters. The van der Waals surface area contributed by atoms with Crippen molar-refractivity contribution in [2.24, 2.45) is 0 Å². The molecular weight excluding hydrogens is 204 g/mol. The highest BCUT2D eigenvalue weighted by molar-refractivity contribution is 5.97. The summed E-state index contributed by atoms with van der Waals surface area (Å²) in [5, 5.41) is 11.4. The molecule has 0 radical (unpaired) electrons. The quantitative estimate of drug-likeness (QED) is 0.838. The van der Waals surface area contributed by atoms with E-state index in [1.807, 2.05) is 19.9 Å². The molecule has 0 fully saturated rings. The second kappa shape index (κ2) is 5.17. The van der Waals surface area contributed by atoms with E-state index in [9.17, 15) is 4.79 Å². The largest absolute Gasteiger partial charge is 0.493 e. The van der Waals surface area contributed by atoms with Crippen LogP contribution in [0.25, 0.3) is 0 Å². The Labute approximate surface area is 94.8 Å². The Morgan fingerprint density at radius 1 is 1.56 bits per heavy atom. The fourth-order valence-corrected chi connectivity index (χ4v) is 1.39. The molecule has 0 saturated carbocycles. The molecular formula is C12H14N2O2. The molecule has 0 aromatic heterocycles. The summed E-state index contributed by atoms with van der Waals surface area (Å²) in [7, 11) is 1.55. The zero-order valence-electron chi connectivity index (χ0n) is 9.63. The van der Waals surface area contributed by atoms with Gasteiger partial charge < -0.3 is 10.1 Å². The Hall–Kier alpha value is -2.02. The van der Waals surface area contributed by atoms with E-state index in [4.69, 9.17) is 10.00 Å². The first kappa shape index (κ1) is 12.1. The van der Waals surface area contributed by atoms with Gasteiger partial charge in [-0.3, -0.25) is 4.79 Å². The van der Waals surface area contributed by atoms with Crippen LogP contribution in [0.5, 0.6) is 5.75 Å². The van der Waals surface area contributed by atoms with Gasteiger partial charge in [-0.2, -0.15) is 5.26 Å². The van der Waals surface area contributed by atoms with Crippen LogP contribution in [0.1, 0.15) is 28.4 Å². The van der Waals surface area contributed by atoms with Crippen LogP contribution in [0.3, 0.4) is 0 Å². The molecule has 84 valence electrons. The number of benzene rings is 1. The zero-order chi connectivity index (χ0) is 12.1. The average Bonchev–Trinajstić information content (AvgIpc) is 2.29. The van der Waals surface area contributed by atoms with Gasteiger partial charge in [-0.15, -0.1) is 0 Å². The van der Waals surface area contributed by atoms with E-state index >= 15 is 0 Å². The molecule has 1 amide bonds. The predicted octanol–water partition coefficient (Wildman–Crippen LogP) is 1.62. The molecule has 0 saturated heterocycles. The third-order valence-corrected chi connectivity index (χ3v) is 2.22. The molecule has 0 spiro atoms. The fraction of sp³-hybridized carbons (Fsp3) is 0.333. The minimum absolute atomic E-state index is 0.250. The maximum atomic E-state index is 11.6. The Balaban J connectivity index is 3.31. The summed E-state index contributed by atoms with van der Waals surface area (Å²) in [6, 6.07) is 5.32. The first-order chi connectivity index (χ1) is 7.63. The first-order valence-electron chi connectivity index (χ1n) is 5.03. The average molecular weight is 218 g/mol. The van der Waals surface area contributed by atoms with Crippen molar-refractivity contribution in [3.63, 3.8) is 0 Å². The SMILES string of the molecule is CCOc1cc(C)c(C#N)cc1C(=O)NC. The minimum atomic E-state index is -0.250. The van der Waals surface area contributed by atoms with Gasteiger partial charge in [0.05, 0.1) is 23.8 Å². The summed E-state index contributed by atoms with van der Waals surface area (Å²) in [4.78, 5) is 11.6. The number of hydrogen-bond acceptors (Lipinski definition) is 3. The smallest absolute Gasteiger partial charge is 0.254 e. The number of nitriles is 1. The van der Waals surface area contributed by atoms with Gasteiger partial charge in [-0.05, 0) is 31.5 Å². The lowest BCUT2D eigenvalue weighted by atomic mass is 10.0.